The summed E-state index contributed by atoms with van der Waals surface area (Å²) in [5, 5.41) is 3.85. The minimum atomic E-state index is -0.123. The number of esters is 1. The van der Waals surface area contributed by atoms with Gasteiger partial charge in [0.05, 0.1) is 12.9 Å². The van der Waals surface area contributed by atoms with Crippen molar-refractivity contribution in [2.45, 2.75) is 11.7 Å². The van der Waals surface area contributed by atoms with Crippen molar-refractivity contribution >= 4 is 17.7 Å². The summed E-state index contributed by atoms with van der Waals surface area (Å²) < 4.78 is 4.53. The Labute approximate surface area is 70.9 Å². The second-order valence-corrected chi connectivity index (χ2v) is 3.79. The molecule has 1 fully saturated rings. The van der Waals surface area contributed by atoms with Gasteiger partial charge in [0.1, 0.15) is 0 Å². The van der Waals surface area contributed by atoms with Crippen LogP contribution in [0.1, 0.15) is 6.42 Å². The average molecular weight is 175 g/mol. The summed E-state index contributed by atoms with van der Waals surface area (Å²) >= 11 is 1.68. The van der Waals surface area contributed by atoms with E-state index in [4.69, 9.17) is 0 Å². The number of rotatable bonds is 3. The molecule has 4 heteroatoms. The number of thioether (sulfide) groups is 1. The summed E-state index contributed by atoms with van der Waals surface area (Å²) in [6.07, 6.45) is 1.17. The monoisotopic (exact) mass is 175 g/mol. The molecular formula is C7H13NO2S. The van der Waals surface area contributed by atoms with Crippen LogP contribution in [0, 0.1) is 0 Å². The van der Waals surface area contributed by atoms with Crippen LogP contribution in [0.25, 0.3) is 0 Å². The molecular weight excluding hydrogens is 162 g/mol. The Morgan fingerprint density at radius 1 is 1.82 bits per heavy atom. The maximum absolute atomic E-state index is 10.7. The Hall–Kier alpha value is -0.220. The van der Waals surface area contributed by atoms with E-state index >= 15 is 0 Å². The zero-order chi connectivity index (χ0) is 8.10. The first-order valence-corrected chi connectivity index (χ1v) is 4.77. The van der Waals surface area contributed by atoms with E-state index in [1.54, 1.807) is 11.8 Å². The molecule has 3 nitrogen and oxygen atoms in total. The molecule has 0 unspecified atom stereocenters. The molecule has 11 heavy (non-hydrogen) atoms. The van der Waals surface area contributed by atoms with Gasteiger partial charge in [-0.1, -0.05) is 0 Å². The second-order valence-electron chi connectivity index (χ2n) is 2.50. The van der Waals surface area contributed by atoms with Gasteiger partial charge >= 0.3 is 5.97 Å². The smallest absolute Gasteiger partial charge is 0.315 e. The quantitative estimate of drug-likeness (QED) is 0.624. The molecule has 0 aromatic carbocycles. The van der Waals surface area contributed by atoms with Crippen LogP contribution in [0.3, 0.4) is 0 Å². The fourth-order valence-electron chi connectivity index (χ4n) is 1.02. The highest BCUT2D eigenvalue weighted by Crippen LogP contribution is 2.16. The zero-order valence-electron chi connectivity index (χ0n) is 6.63. The third kappa shape index (κ3) is 3.12. The Morgan fingerprint density at radius 3 is 3.18 bits per heavy atom. The maximum atomic E-state index is 10.7. The van der Waals surface area contributed by atoms with Gasteiger partial charge in [0.25, 0.3) is 0 Å². The van der Waals surface area contributed by atoms with E-state index in [2.05, 4.69) is 10.1 Å². The predicted molar refractivity (Wildman–Crippen MR) is 45.7 cm³/mol. The SMILES string of the molecule is COC(=O)CS[C@@H]1CCNC1. The molecule has 0 radical (unpaired) electrons. The average Bonchev–Trinajstić information content (AvgIpc) is 2.52. The largest absolute Gasteiger partial charge is 0.468 e. The highest BCUT2D eigenvalue weighted by atomic mass is 32.2. The molecule has 1 aliphatic rings. The van der Waals surface area contributed by atoms with Crippen LogP contribution in [-0.2, 0) is 9.53 Å². The Morgan fingerprint density at radius 2 is 2.64 bits per heavy atom. The van der Waals surface area contributed by atoms with Crippen molar-refractivity contribution in [1.82, 2.24) is 5.32 Å². The van der Waals surface area contributed by atoms with Crippen LogP contribution in [0.2, 0.25) is 0 Å². The van der Waals surface area contributed by atoms with Gasteiger partial charge in [-0.05, 0) is 13.0 Å². The van der Waals surface area contributed by atoms with Crippen LogP contribution >= 0.6 is 11.8 Å². The van der Waals surface area contributed by atoms with Crippen LogP contribution in [-0.4, -0.2) is 37.2 Å². The van der Waals surface area contributed by atoms with Crippen LogP contribution < -0.4 is 5.32 Å². The first-order valence-electron chi connectivity index (χ1n) is 3.72. The molecule has 1 saturated heterocycles. The van der Waals surface area contributed by atoms with Gasteiger partial charge in [-0.15, -0.1) is 11.8 Å². The Balaban J connectivity index is 2.06. The van der Waals surface area contributed by atoms with Crippen molar-refractivity contribution in [2.75, 3.05) is 26.0 Å². The van der Waals surface area contributed by atoms with Crippen LogP contribution in [0.5, 0.6) is 0 Å². The molecule has 1 heterocycles. The summed E-state index contributed by atoms with van der Waals surface area (Å²) in [7, 11) is 1.43. The Kier molecular flexibility index (Phi) is 3.72. The number of carbonyl (C=O) groups excluding carboxylic acids is 1. The van der Waals surface area contributed by atoms with Crippen LogP contribution in [0.15, 0.2) is 0 Å². The lowest BCUT2D eigenvalue weighted by Gasteiger charge is -2.05. The molecule has 0 aromatic heterocycles. The summed E-state index contributed by atoms with van der Waals surface area (Å²) in [6.45, 7) is 2.11. The number of methoxy groups -OCH3 is 1. The highest BCUT2D eigenvalue weighted by Gasteiger charge is 2.15. The molecule has 1 rings (SSSR count). The zero-order valence-corrected chi connectivity index (χ0v) is 7.45. The summed E-state index contributed by atoms with van der Waals surface area (Å²) in [6, 6.07) is 0. The van der Waals surface area contributed by atoms with E-state index in [1.807, 2.05) is 0 Å². The van der Waals surface area contributed by atoms with E-state index in [1.165, 1.54) is 13.5 Å². The van der Waals surface area contributed by atoms with E-state index in [9.17, 15) is 4.79 Å². The standard InChI is InChI=1S/C7H13NO2S/c1-10-7(9)5-11-6-2-3-8-4-6/h6,8H,2-5H2,1H3/t6-/m1/s1. The highest BCUT2D eigenvalue weighted by molar-refractivity contribution is 8.00. The number of hydrogen-bond donors (Lipinski definition) is 1. The molecule has 64 valence electrons. The van der Waals surface area contributed by atoms with Gasteiger partial charge < -0.3 is 10.1 Å². The predicted octanol–water partition coefficient (Wildman–Crippen LogP) is 0.254. The summed E-state index contributed by atoms with van der Waals surface area (Å²) in [4.78, 5) is 10.7. The van der Waals surface area contributed by atoms with Crippen molar-refractivity contribution in [3.63, 3.8) is 0 Å². The minimum Gasteiger partial charge on any atom is -0.468 e. The topological polar surface area (TPSA) is 38.3 Å². The summed E-state index contributed by atoms with van der Waals surface area (Å²) in [5.41, 5.74) is 0. The molecule has 0 aromatic rings. The molecule has 1 N–H and O–H groups in total. The molecule has 0 bridgehead atoms. The van der Waals surface area contributed by atoms with Crippen LogP contribution in [0.4, 0.5) is 0 Å². The van der Waals surface area contributed by atoms with Gasteiger partial charge in [-0.2, -0.15) is 0 Å². The third-order valence-electron chi connectivity index (χ3n) is 1.68. The fourth-order valence-corrected chi connectivity index (χ4v) is 2.03. The van der Waals surface area contributed by atoms with Crippen molar-refractivity contribution in [3.05, 3.63) is 0 Å². The molecule has 0 saturated carbocycles. The summed E-state index contributed by atoms with van der Waals surface area (Å²) in [5.74, 6) is 0.366. The lowest BCUT2D eigenvalue weighted by atomic mass is 10.4. The van der Waals surface area contributed by atoms with E-state index in [-0.39, 0.29) is 5.97 Å². The first-order chi connectivity index (χ1) is 5.33. The van der Waals surface area contributed by atoms with E-state index in [0.29, 0.717) is 11.0 Å². The lowest BCUT2D eigenvalue weighted by molar-refractivity contribution is -0.137. The maximum Gasteiger partial charge on any atom is 0.315 e. The van der Waals surface area contributed by atoms with Gasteiger partial charge in [0.15, 0.2) is 0 Å². The van der Waals surface area contributed by atoms with Crippen molar-refractivity contribution in [2.24, 2.45) is 0 Å². The van der Waals surface area contributed by atoms with Gasteiger partial charge in [0, 0.05) is 11.8 Å². The van der Waals surface area contributed by atoms with Crippen molar-refractivity contribution < 1.29 is 9.53 Å². The molecule has 1 atom stereocenters. The lowest BCUT2D eigenvalue weighted by Crippen LogP contribution is -2.13. The minimum absolute atomic E-state index is 0.123. The number of ether oxygens (including phenoxy) is 1. The Bertz CT molecular complexity index is 134. The van der Waals surface area contributed by atoms with Crippen molar-refractivity contribution in [1.29, 1.82) is 0 Å². The number of hydrogen-bond acceptors (Lipinski definition) is 4. The van der Waals surface area contributed by atoms with Gasteiger partial charge in [0.2, 0.25) is 0 Å². The van der Waals surface area contributed by atoms with Crippen molar-refractivity contribution in [3.8, 4) is 0 Å². The molecule has 0 aliphatic carbocycles. The van der Waals surface area contributed by atoms with E-state index in [0.717, 1.165) is 13.1 Å². The normalized spacial score (nSPS) is 23.5. The van der Waals surface area contributed by atoms with E-state index < -0.39 is 0 Å². The third-order valence-corrected chi connectivity index (χ3v) is 2.96. The fraction of sp³-hybridized carbons (Fsp3) is 0.857. The molecule has 1 aliphatic heterocycles. The number of nitrogens with one attached hydrogen (secondary N) is 1. The molecule has 0 spiro atoms. The molecule has 0 amide bonds. The first kappa shape index (κ1) is 8.87. The second kappa shape index (κ2) is 4.62. The number of carbonyl (C=O) groups is 1. The van der Waals surface area contributed by atoms with Gasteiger partial charge in [-0.3, -0.25) is 4.79 Å². The van der Waals surface area contributed by atoms with Gasteiger partial charge in [-0.25, -0.2) is 0 Å².